The van der Waals surface area contributed by atoms with E-state index in [9.17, 15) is 4.39 Å². The molecule has 164 valence electrons. The summed E-state index contributed by atoms with van der Waals surface area (Å²) in [6, 6.07) is 16.3. The molecule has 32 heavy (non-hydrogen) atoms. The van der Waals surface area contributed by atoms with Gasteiger partial charge in [0.05, 0.1) is 27.3 Å². The summed E-state index contributed by atoms with van der Waals surface area (Å²) in [5.74, 6) is 0.451. The summed E-state index contributed by atoms with van der Waals surface area (Å²) in [6.07, 6.45) is 3.99. The van der Waals surface area contributed by atoms with Crippen molar-refractivity contribution in [2.45, 2.75) is 10.6 Å². The predicted molar refractivity (Wildman–Crippen MR) is 138 cm³/mol. The summed E-state index contributed by atoms with van der Waals surface area (Å²) in [6.45, 7) is 1.37. The first-order valence-electron chi connectivity index (χ1n) is 10.0. The van der Waals surface area contributed by atoms with Crippen LogP contribution in [0.2, 0.25) is 15.1 Å². The fourth-order valence-electron chi connectivity index (χ4n) is 3.47. The molecule has 0 aliphatic carbocycles. The molecule has 0 aromatic heterocycles. The van der Waals surface area contributed by atoms with E-state index in [0.717, 1.165) is 39.5 Å². The standard InChI is InChI=1S/C25H20Cl3FN2S/c1-31-12-11-30-23(19-8-7-18(29)14-24(19)31)10-6-17-3-2-4-21(27)25(17)32-15-16-5-9-20(26)22(28)13-16/h2-10,13-14H,11-12,15H2,1H3/b10-6+. The van der Waals surface area contributed by atoms with Gasteiger partial charge in [0.2, 0.25) is 0 Å². The Labute approximate surface area is 206 Å². The highest BCUT2D eigenvalue weighted by Gasteiger charge is 2.16. The molecular weight excluding hydrogens is 486 g/mol. The van der Waals surface area contributed by atoms with Gasteiger partial charge < -0.3 is 4.90 Å². The molecule has 4 rings (SSSR count). The Morgan fingerprint density at radius 1 is 1.00 bits per heavy atom. The molecule has 0 atom stereocenters. The van der Waals surface area contributed by atoms with E-state index in [4.69, 9.17) is 39.8 Å². The number of likely N-dealkylation sites (N-methyl/N-ethyl adjacent to an activating group) is 1. The van der Waals surface area contributed by atoms with Crippen molar-refractivity contribution in [2.24, 2.45) is 4.99 Å². The number of benzene rings is 3. The van der Waals surface area contributed by atoms with Crippen molar-refractivity contribution in [3.63, 3.8) is 0 Å². The fraction of sp³-hybridized carbons (Fsp3) is 0.160. The smallest absolute Gasteiger partial charge is 0.125 e. The Bertz CT molecular complexity index is 1210. The molecule has 0 saturated carbocycles. The molecule has 0 N–H and O–H groups in total. The number of aliphatic imine (C=N–C) groups is 1. The molecule has 0 spiro atoms. The average Bonchev–Trinajstić information content (AvgIpc) is 2.92. The van der Waals surface area contributed by atoms with Gasteiger partial charge in [-0.2, -0.15) is 0 Å². The molecule has 0 bridgehead atoms. The molecule has 3 aromatic carbocycles. The van der Waals surface area contributed by atoms with Crippen LogP contribution in [0.25, 0.3) is 6.08 Å². The quantitative estimate of drug-likeness (QED) is 0.326. The second kappa shape index (κ2) is 10.3. The van der Waals surface area contributed by atoms with E-state index in [0.29, 0.717) is 27.4 Å². The maximum Gasteiger partial charge on any atom is 0.125 e. The second-order valence-electron chi connectivity index (χ2n) is 7.38. The highest BCUT2D eigenvalue weighted by Crippen LogP contribution is 2.35. The third kappa shape index (κ3) is 5.32. The molecule has 0 radical (unpaired) electrons. The van der Waals surface area contributed by atoms with Crippen molar-refractivity contribution in [1.82, 2.24) is 0 Å². The number of allylic oxidation sites excluding steroid dienone is 1. The zero-order valence-corrected chi connectivity index (χ0v) is 20.4. The van der Waals surface area contributed by atoms with E-state index in [2.05, 4.69) is 0 Å². The van der Waals surface area contributed by atoms with Gasteiger partial charge in [-0.1, -0.05) is 59.1 Å². The van der Waals surface area contributed by atoms with Crippen LogP contribution in [0, 0.1) is 5.82 Å². The van der Waals surface area contributed by atoms with Crippen molar-refractivity contribution < 1.29 is 4.39 Å². The highest BCUT2D eigenvalue weighted by atomic mass is 35.5. The van der Waals surface area contributed by atoms with Gasteiger partial charge in [-0.15, -0.1) is 11.8 Å². The first kappa shape index (κ1) is 23.2. The van der Waals surface area contributed by atoms with Gasteiger partial charge in [0.15, 0.2) is 0 Å². The summed E-state index contributed by atoms with van der Waals surface area (Å²) in [4.78, 5) is 7.72. The van der Waals surface area contributed by atoms with Crippen molar-refractivity contribution in [3.05, 3.63) is 98.2 Å². The van der Waals surface area contributed by atoms with E-state index in [1.165, 1.54) is 6.07 Å². The van der Waals surface area contributed by atoms with Crippen molar-refractivity contribution in [2.75, 3.05) is 25.0 Å². The van der Waals surface area contributed by atoms with Crippen LogP contribution in [0.5, 0.6) is 0 Å². The van der Waals surface area contributed by atoms with E-state index in [1.54, 1.807) is 30.0 Å². The van der Waals surface area contributed by atoms with Crippen molar-refractivity contribution in [1.29, 1.82) is 0 Å². The minimum atomic E-state index is -0.253. The van der Waals surface area contributed by atoms with E-state index in [-0.39, 0.29) is 5.82 Å². The minimum Gasteiger partial charge on any atom is -0.372 e. The molecule has 3 aromatic rings. The van der Waals surface area contributed by atoms with Crippen molar-refractivity contribution >= 4 is 64.0 Å². The largest absolute Gasteiger partial charge is 0.372 e. The van der Waals surface area contributed by atoms with Crippen LogP contribution < -0.4 is 4.90 Å². The summed E-state index contributed by atoms with van der Waals surface area (Å²) in [7, 11) is 1.95. The topological polar surface area (TPSA) is 15.6 Å². The molecule has 1 aliphatic rings. The Hall–Kier alpha value is -1.98. The molecule has 7 heteroatoms. The first-order chi connectivity index (χ1) is 15.4. The van der Waals surface area contributed by atoms with Crippen LogP contribution in [0.3, 0.4) is 0 Å². The van der Waals surface area contributed by atoms with Gasteiger partial charge in [-0.3, -0.25) is 4.99 Å². The number of benzodiazepines with no additional fused rings is 1. The number of fused-ring (bicyclic) bond motifs is 1. The number of thioether (sulfide) groups is 1. The van der Waals surface area contributed by atoms with Crippen LogP contribution in [0.15, 0.2) is 70.6 Å². The SMILES string of the molecule is CN1CCN=C(/C=C/c2cccc(Cl)c2SCc2ccc(Cl)c(Cl)c2)c2ccc(F)cc21. The van der Waals surface area contributed by atoms with Crippen LogP contribution in [-0.2, 0) is 5.75 Å². The van der Waals surface area contributed by atoms with Gasteiger partial charge in [0, 0.05) is 35.5 Å². The lowest BCUT2D eigenvalue weighted by Gasteiger charge is -2.19. The maximum atomic E-state index is 13.8. The second-order valence-corrected chi connectivity index (χ2v) is 9.59. The fourth-order valence-corrected chi connectivity index (χ4v) is 5.13. The van der Waals surface area contributed by atoms with Gasteiger partial charge >= 0.3 is 0 Å². The van der Waals surface area contributed by atoms with Gasteiger partial charge in [0.1, 0.15) is 5.82 Å². The van der Waals surface area contributed by atoms with Crippen LogP contribution in [0.1, 0.15) is 16.7 Å². The number of halogens is 4. The molecule has 1 heterocycles. The normalized spacial score (nSPS) is 13.8. The summed E-state index contributed by atoms with van der Waals surface area (Å²) in [5, 5.41) is 1.76. The van der Waals surface area contributed by atoms with Gasteiger partial charge in [-0.25, -0.2) is 4.39 Å². The number of rotatable bonds is 5. The Morgan fingerprint density at radius 2 is 1.84 bits per heavy atom. The zero-order chi connectivity index (χ0) is 22.7. The lowest BCUT2D eigenvalue weighted by atomic mass is 10.1. The average molecular weight is 506 g/mol. The van der Waals surface area contributed by atoms with Gasteiger partial charge in [-0.05, 0) is 53.6 Å². The summed E-state index contributed by atoms with van der Waals surface area (Å²) < 4.78 is 13.8. The molecule has 2 nitrogen and oxygen atoms in total. The minimum absolute atomic E-state index is 0.253. The zero-order valence-electron chi connectivity index (χ0n) is 17.3. The Kier molecular flexibility index (Phi) is 7.47. The number of anilines is 1. The van der Waals surface area contributed by atoms with E-state index in [1.807, 2.05) is 54.4 Å². The summed E-state index contributed by atoms with van der Waals surface area (Å²) >= 11 is 20.3. The lowest BCUT2D eigenvalue weighted by molar-refractivity contribution is 0.627. The molecule has 0 fully saturated rings. The van der Waals surface area contributed by atoms with Crippen molar-refractivity contribution in [3.8, 4) is 0 Å². The van der Waals surface area contributed by atoms with Crippen LogP contribution in [0.4, 0.5) is 10.1 Å². The van der Waals surface area contributed by atoms with Gasteiger partial charge in [0.25, 0.3) is 0 Å². The predicted octanol–water partition coefficient (Wildman–Crippen LogP) is 8.03. The summed E-state index contributed by atoms with van der Waals surface area (Å²) in [5.41, 5.74) is 4.63. The van der Waals surface area contributed by atoms with E-state index >= 15 is 0 Å². The monoisotopic (exact) mass is 504 g/mol. The maximum absolute atomic E-state index is 13.8. The Balaban J connectivity index is 1.61. The number of hydrogen-bond acceptors (Lipinski definition) is 3. The Morgan fingerprint density at radius 3 is 2.66 bits per heavy atom. The number of nitrogens with zero attached hydrogens (tertiary/aromatic N) is 2. The highest BCUT2D eigenvalue weighted by molar-refractivity contribution is 7.98. The van der Waals surface area contributed by atoms with Crippen LogP contribution >= 0.6 is 46.6 Å². The molecule has 1 aliphatic heterocycles. The lowest BCUT2D eigenvalue weighted by Crippen LogP contribution is -2.20. The third-order valence-electron chi connectivity index (χ3n) is 5.15. The molecule has 0 unspecified atom stereocenters. The molecule has 0 amide bonds. The molecular formula is C25H20Cl3FN2S. The van der Waals surface area contributed by atoms with Crippen LogP contribution in [-0.4, -0.2) is 25.8 Å². The third-order valence-corrected chi connectivity index (χ3v) is 7.54. The molecule has 0 saturated heterocycles. The first-order valence-corrected chi connectivity index (χ1v) is 12.1. The van der Waals surface area contributed by atoms with E-state index < -0.39 is 0 Å². The number of hydrogen-bond donors (Lipinski definition) is 0.